The van der Waals surface area contributed by atoms with Crippen LogP contribution in [0.25, 0.3) is 0 Å². The predicted molar refractivity (Wildman–Crippen MR) is 104 cm³/mol. The summed E-state index contributed by atoms with van der Waals surface area (Å²) in [7, 11) is 0. The molecule has 5 nitrogen and oxygen atoms in total. The van der Waals surface area contributed by atoms with Crippen molar-refractivity contribution in [3.05, 3.63) is 35.9 Å². The summed E-state index contributed by atoms with van der Waals surface area (Å²) in [6.45, 7) is 8.85. The molecule has 0 radical (unpaired) electrons. The molecule has 0 bridgehead atoms. The average Bonchev–Trinajstić information content (AvgIpc) is 2.61. The number of rotatable bonds is 6. The Bertz CT molecular complexity index is 548. The molecule has 2 N–H and O–H groups in total. The molecule has 1 aromatic carbocycles. The van der Waals surface area contributed by atoms with Crippen molar-refractivity contribution in [2.24, 2.45) is 10.9 Å². The van der Waals surface area contributed by atoms with E-state index in [4.69, 9.17) is 0 Å². The number of nitrogens with one attached hydrogen (secondary N) is 2. The number of amides is 1. The van der Waals surface area contributed by atoms with Crippen LogP contribution in [0.5, 0.6) is 0 Å². The number of hydrogen-bond acceptors (Lipinski definition) is 2. The summed E-state index contributed by atoms with van der Waals surface area (Å²) < 4.78 is 0. The highest BCUT2D eigenvalue weighted by atomic mass is 16.2. The summed E-state index contributed by atoms with van der Waals surface area (Å²) in [5.41, 5.74) is 1.40. The van der Waals surface area contributed by atoms with Gasteiger partial charge in [-0.15, -0.1) is 0 Å². The molecule has 0 atom stereocenters. The van der Waals surface area contributed by atoms with Crippen LogP contribution < -0.4 is 10.6 Å². The van der Waals surface area contributed by atoms with Gasteiger partial charge in [0, 0.05) is 25.7 Å². The molecule has 1 aliphatic rings. The Morgan fingerprint density at radius 1 is 1.24 bits per heavy atom. The summed E-state index contributed by atoms with van der Waals surface area (Å²) >= 11 is 0. The predicted octanol–water partition coefficient (Wildman–Crippen LogP) is 2.43. The van der Waals surface area contributed by atoms with Crippen molar-refractivity contribution in [2.45, 2.75) is 46.1 Å². The molecule has 0 spiro atoms. The number of likely N-dealkylation sites (tertiary alicyclic amines) is 1. The lowest BCUT2D eigenvalue weighted by atomic mass is 9.90. The van der Waals surface area contributed by atoms with E-state index in [9.17, 15) is 4.79 Å². The first-order chi connectivity index (χ1) is 12.1. The van der Waals surface area contributed by atoms with E-state index in [0.29, 0.717) is 17.9 Å². The minimum absolute atomic E-state index is 0.124. The molecular weight excluding hydrogens is 312 g/mol. The van der Waals surface area contributed by atoms with Crippen molar-refractivity contribution in [1.82, 2.24) is 15.5 Å². The fourth-order valence-corrected chi connectivity index (χ4v) is 3.17. The monoisotopic (exact) mass is 344 g/mol. The van der Waals surface area contributed by atoms with Gasteiger partial charge in [0.2, 0.25) is 5.91 Å². The van der Waals surface area contributed by atoms with E-state index in [1.807, 2.05) is 11.8 Å². The first-order valence-electron chi connectivity index (χ1n) is 9.45. The van der Waals surface area contributed by atoms with E-state index >= 15 is 0 Å². The molecule has 0 unspecified atom stereocenters. The minimum atomic E-state index is 0.124. The lowest BCUT2D eigenvalue weighted by Crippen LogP contribution is -2.43. The Labute approximate surface area is 151 Å². The Kier molecular flexibility index (Phi) is 7.76. The van der Waals surface area contributed by atoms with Gasteiger partial charge in [-0.05, 0) is 51.5 Å². The van der Waals surface area contributed by atoms with Crippen molar-refractivity contribution >= 4 is 11.9 Å². The van der Waals surface area contributed by atoms with E-state index in [-0.39, 0.29) is 12.5 Å². The van der Waals surface area contributed by atoms with Gasteiger partial charge < -0.3 is 15.5 Å². The highest BCUT2D eigenvalue weighted by molar-refractivity contribution is 5.85. The number of carbonyl (C=O) groups is 1. The largest absolute Gasteiger partial charge is 0.357 e. The second kappa shape index (κ2) is 10.1. The zero-order valence-electron chi connectivity index (χ0n) is 15.8. The molecule has 1 aliphatic heterocycles. The standard InChI is InChI=1S/C20H32N4O/c1-4-21-20(23-16(2)3)22-15-19(25)24-12-10-18(11-13-24)14-17-8-6-5-7-9-17/h5-9,16,18H,4,10-15H2,1-3H3,(H2,21,22,23). The zero-order chi connectivity index (χ0) is 18.1. The molecule has 2 rings (SSSR count). The van der Waals surface area contributed by atoms with Gasteiger partial charge in [-0.1, -0.05) is 30.3 Å². The second-order valence-electron chi connectivity index (χ2n) is 7.01. The van der Waals surface area contributed by atoms with Crippen LogP contribution in [0.3, 0.4) is 0 Å². The lowest BCUT2D eigenvalue weighted by Gasteiger charge is -2.32. The fraction of sp³-hybridized carbons (Fsp3) is 0.600. The highest BCUT2D eigenvalue weighted by Crippen LogP contribution is 2.21. The molecule has 1 amide bonds. The number of piperidine rings is 1. The van der Waals surface area contributed by atoms with Crippen LogP contribution in [-0.2, 0) is 11.2 Å². The van der Waals surface area contributed by atoms with Crippen LogP contribution in [0.15, 0.2) is 35.3 Å². The van der Waals surface area contributed by atoms with Crippen molar-refractivity contribution in [3.63, 3.8) is 0 Å². The van der Waals surface area contributed by atoms with Crippen LogP contribution in [0.2, 0.25) is 0 Å². The smallest absolute Gasteiger partial charge is 0.244 e. The molecule has 0 aliphatic carbocycles. The van der Waals surface area contributed by atoms with Gasteiger partial charge in [-0.25, -0.2) is 4.99 Å². The number of guanidine groups is 1. The molecular formula is C20H32N4O. The van der Waals surface area contributed by atoms with Gasteiger partial charge in [-0.3, -0.25) is 4.79 Å². The quantitative estimate of drug-likeness (QED) is 0.615. The van der Waals surface area contributed by atoms with E-state index < -0.39 is 0 Å². The van der Waals surface area contributed by atoms with Crippen molar-refractivity contribution in [3.8, 4) is 0 Å². The van der Waals surface area contributed by atoms with Crippen LogP contribution in [0.4, 0.5) is 0 Å². The van der Waals surface area contributed by atoms with Crippen LogP contribution >= 0.6 is 0 Å². The lowest BCUT2D eigenvalue weighted by molar-refractivity contribution is -0.130. The second-order valence-corrected chi connectivity index (χ2v) is 7.01. The third-order valence-electron chi connectivity index (χ3n) is 4.48. The molecule has 138 valence electrons. The summed E-state index contributed by atoms with van der Waals surface area (Å²) in [6.07, 6.45) is 3.27. The summed E-state index contributed by atoms with van der Waals surface area (Å²) in [5, 5.41) is 6.42. The molecule has 1 fully saturated rings. The maximum Gasteiger partial charge on any atom is 0.244 e. The summed E-state index contributed by atoms with van der Waals surface area (Å²) in [6, 6.07) is 10.9. The van der Waals surface area contributed by atoms with E-state index in [2.05, 4.69) is 59.8 Å². The Hall–Kier alpha value is -2.04. The fourth-order valence-electron chi connectivity index (χ4n) is 3.17. The highest BCUT2D eigenvalue weighted by Gasteiger charge is 2.22. The van der Waals surface area contributed by atoms with Gasteiger partial charge in [0.1, 0.15) is 6.54 Å². The average molecular weight is 345 g/mol. The third-order valence-corrected chi connectivity index (χ3v) is 4.48. The molecule has 0 aromatic heterocycles. The van der Waals surface area contributed by atoms with E-state index in [1.54, 1.807) is 0 Å². The molecule has 1 heterocycles. The van der Waals surface area contributed by atoms with Gasteiger partial charge in [0.25, 0.3) is 0 Å². The molecule has 0 saturated carbocycles. The first-order valence-corrected chi connectivity index (χ1v) is 9.45. The number of nitrogens with zero attached hydrogens (tertiary/aromatic N) is 2. The Balaban J connectivity index is 1.78. The van der Waals surface area contributed by atoms with Gasteiger partial charge in [0.15, 0.2) is 5.96 Å². The molecule has 1 saturated heterocycles. The number of aliphatic imine (C=N–C) groups is 1. The number of benzene rings is 1. The summed E-state index contributed by atoms with van der Waals surface area (Å²) in [4.78, 5) is 18.8. The van der Waals surface area contributed by atoms with Crippen molar-refractivity contribution in [2.75, 3.05) is 26.2 Å². The maximum absolute atomic E-state index is 12.4. The van der Waals surface area contributed by atoms with Gasteiger partial charge in [0.05, 0.1) is 0 Å². The van der Waals surface area contributed by atoms with E-state index in [0.717, 1.165) is 38.9 Å². The minimum Gasteiger partial charge on any atom is -0.357 e. The number of carbonyl (C=O) groups excluding carboxylic acids is 1. The zero-order valence-corrected chi connectivity index (χ0v) is 15.8. The normalized spacial score (nSPS) is 16.2. The van der Waals surface area contributed by atoms with Gasteiger partial charge >= 0.3 is 0 Å². The summed E-state index contributed by atoms with van der Waals surface area (Å²) in [5.74, 6) is 1.51. The molecule has 25 heavy (non-hydrogen) atoms. The van der Waals surface area contributed by atoms with Crippen molar-refractivity contribution in [1.29, 1.82) is 0 Å². The van der Waals surface area contributed by atoms with E-state index in [1.165, 1.54) is 5.56 Å². The Morgan fingerprint density at radius 3 is 2.52 bits per heavy atom. The third kappa shape index (κ3) is 6.77. The van der Waals surface area contributed by atoms with Gasteiger partial charge in [-0.2, -0.15) is 0 Å². The SMILES string of the molecule is CCNC(=NCC(=O)N1CCC(Cc2ccccc2)CC1)NC(C)C. The topological polar surface area (TPSA) is 56.7 Å². The molecule has 5 heteroatoms. The van der Waals surface area contributed by atoms with Crippen LogP contribution in [-0.4, -0.2) is 49.0 Å². The maximum atomic E-state index is 12.4. The number of hydrogen-bond donors (Lipinski definition) is 2. The first kappa shape index (κ1) is 19.3. The van der Waals surface area contributed by atoms with Crippen LogP contribution in [0.1, 0.15) is 39.2 Å². The Morgan fingerprint density at radius 2 is 1.92 bits per heavy atom. The van der Waals surface area contributed by atoms with Crippen molar-refractivity contribution < 1.29 is 4.79 Å². The van der Waals surface area contributed by atoms with Crippen LogP contribution in [0, 0.1) is 5.92 Å². The molecule has 1 aromatic rings.